The van der Waals surface area contributed by atoms with Crippen molar-refractivity contribution in [3.63, 3.8) is 0 Å². The van der Waals surface area contributed by atoms with Crippen molar-refractivity contribution in [3.05, 3.63) is 12.3 Å². The number of hydrogen-bond acceptors (Lipinski definition) is 5. The van der Waals surface area contributed by atoms with Crippen LogP contribution in [0, 0.1) is 0 Å². The zero-order chi connectivity index (χ0) is 15.7. The van der Waals surface area contributed by atoms with Crippen LogP contribution in [0.15, 0.2) is 12.3 Å². The van der Waals surface area contributed by atoms with Gasteiger partial charge in [-0.3, -0.25) is 8.99 Å². The second kappa shape index (κ2) is 5.94. The molecule has 0 spiro atoms. The summed E-state index contributed by atoms with van der Waals surface area (Å²) in [5.41, 5.74) is -0.768. The summed E-state index contributed by atoms with van der Waals surface area (Å²) in [4.78, 5) is 0. The SMILES string of the molecule is CC(C)OC1(CS(=O)(=O)N(C)c2ccn(C)n2)CCOC1. The van der Waals surface area contributed by atoms with Crippen LogP contribution in [-0.2, 0) is 26.5 Å². The Labute approximate surface area is 125 Å². The van der Waals surface area contributed by atoms with E-state index in [1.165, 1.54) is 11.4 Å². The molecule has 0 saturated carbocycles. The lowest BCUT2D eigenvalue weighted by atomic mass is 10.1. The highest BCUT2D eigenvalue weighted by Crippen LogP contribution is 2.28. The van der Waals surface area contributed by atoms with Crippen LogP contribution in [0.1, 0.15) is 20.3 Å². The van der Waals surface area contributed by atoms with Crippen LogP contribution in [0.3, 0.4) is 0 Å². The summed E-state index contributed by atoms with van der Waals surface area (Å²) in [5.74, 6) is 0.293. The Balaban J connectivity index is 2.18. The Morgan fingerprint density at radius 1 is 1.57 bits per heavy atom. The Kier molecular flexibility index (Phi) is 4.60. The van der Waals surface area contributed by atoms with Gasteiger partial charge in [-0.25, -0.2) is 8.42 Å². The summed E-state index contributed by atoms with van der Waals surface area (Å²) in [7, 11) is -0.276. The van der Waals surface area contributed by atoms with Gasteiger partial charge < -0.3 is 9.47 Å². The molecule has 1 atom stereocenters. The van der Waals surface area contributed by atoms with Crippen molar-refractivity contribution in [2.24, 2.45) is 7.05 Å². The van der Waals surface area contributed by atoms with Crippen LogP contribution in [0.2, 0.25) is 0 Å². The fourth-order valence-corrected chi connectivity index (χ4v) is 4.01. The number of hydrogen-bond donors (Lipinski definition) is 0. The summed E-state index contributed by atoms with van der Waals surface area (Å²) in [6, 6.07) is 1.67. The van der Waals surface area contributed by atoms with E-state index in [2.05, 4.69) is 5.10 Å². The summed E-state index contributed by atoms with van der Waals surface area (Å²) in [5, 5.41) is 4.13. The van der Waals surface area contributed by atoms with Gasteiger partial charge in [0.2, 0.25) is 10.0 Å². The summed E-state index contributed by atoms with van der Waals surface area (Å²) in [6.45, 7) is 4.63. The summed E-state index contributed by atoms with van der Waals surface area (Å²) < 4.78 is 39.3. The van der Waals surface area contributed by atoms with E-state index in [-0.39, 0.29) is 11.9 Å². The molecule has 0 radical (unpaired) electrons. The molecule has 0 amide bonds. The number of nitrogens with zero attached hydrogens (tertiary/aromatic N) is 3. The second-order valence-corrected chi connectivity index (χ2v) is 7.72. The molecule has 1 saturated heterocycles. The van der Waals surface area contributed by atoms with E-state index in [1.807, 2.05) is 13.8 Å². The van der Waals surface area contributed by atoms with Gasteiger partial charge in [-0.2, -0.15) is 5.10 Å². The van der Waals surface area contributed by atoms with Gasteiger partial charge >= 0.3 is 0 Å². The summed E-state index contributed by atoms with van der Waals surface area (Å²) in [6.07, 6.45) is 2.24. The lowest BCUT2D eigenvalue weighted by Gasteiger charge is -2.31. The number of ether oxygens (including phenoxy) is 2. The van der Waals surface area contributed by atoms with Crippen molar-refractivity contribution in [3.8, 4) is 0 Å². The maximum atomic E-state index is 12.6. The van der Waals surface area contributed by atoms with Gasteiger partial charge in [0.15, 0.2) is 5.82 Å². The quantitative estimate of drug-likeness (QED) is 0.775. The smallest absolute Gasteiger partial charge is 0.239 e. The van der Waals surface area contributed by atoms with Crippen molar-refractivity contribution >= 4 is 15.8 Å². The number of anilines is 1. The number of aryl methyl sites for hydroxylation is 1. The van der Waals surface area contributed by atoms with Crippen LogP contribution >= 0.6 is 0 Å². The molecule has 1 fully saturated rings. The third kappa shape index (κ3) is 3.75. The van der Waals surface area contributed by atoms with Crippen molar-refractivity contribution < 1.29 is 17.9 Å². The third-order valence-electron chi connectivity index (χ3n) is 3.44. The van der Waals surface area contributed by atoms with E-state index in [0.717, 1.165) is 0 Å². The minimum Gasteiger partial charge on any atom is -0.378 e. The van der Waals surface area contributed by atoms with Gasteiger partial charge in [0.05, 0.1) is 12.7 Å². The Bertz CT molecular complexity index is 576. The normalized spacial score (nSPS) is 22.9. The first-order valence-corrected chi connectivity index (χ1v) is 8.57. The van der Waals surface area contributed by atoms with E-state index in [9.17, 15) is 8.42 Å². The molecule has 2 rings (SSSR count). The van der Waals surface area contributed by atoms with E-state index < -0.39 is 15.6 Å². The lowest BCUT2D eigenvalue weighted by Crippen LogP contribution is -2.46. The van der Waals surface area contributed by atoms with Crippen LogP contribution in [-0.4, -0.2) is 55.9 Å². The maximum Gasteiger partial charge on any atom is 0.239 e. The molecule has 1 aliphatic rings. The molecule has 1 unspecified atom stereocenters. The topological polar surface area (TPSA) is 73.7 Å². The molecule has 1 aromatic rings. The lowest BCUT2D eigenvalue weighted by molar-refractivity contribution is -0.0670. The van der Waals surface area contributed by atoms with Crippen LogP contribution in [0.25, 0.3) is 0 Å². The molecule has 0 N–H and O–H groups in total. The molecule has 8 heteroatoms. The van der Waals surface area contributed by atoms with Gasteiger partial charge in [0.25, 0.3) is 0 Å². The molecular weight excluding hydrogens is 294 g/mol. The Morgan fingerprint density at radius 2 is 2.29 bits per heavy atom. The van der Waals surface area contributed by atoms with E-state index in [0.29, 0.717) is 25.5 Å². The number of rotatable bonds is 6. The van der Waals surface area contributed by atoms with Crippen molar-refractivity contribution in [1.29, 1.82) is 0 Å². The predicted molar refractivity (Wildman–Crippen MR) is 79.8 cm³/mol. The monoisotopic (exact) mass is 317 g/mol. The van der Waals surface area contributed by atoms with Crippen LogP contribution in [0.4, 0.5) is 5.82 Å². The van der Waals surface area contributed by atoms with E-state index in [4.69, 9.17) is 9.47 Å². The van der Waals surface area contributed by atoms with Crippen molar-refractivity contribution in [2.45, 2.75) is 32.0 Å². The number of sulfonamides is 1. The predicted octanol–water partition coefficient (Wildman–Crippen LogP) is 0.770. The molecule has 0 aromatic carbocycles. The highest BCUT2D eigenvalue weighted by atomic mass is 32.2. The van der Waals surface area contributed by atoms with Gasteiger partial charge in [0.1, 0.15) is 11.4 Å². The fraction of sp³-hybridized carbons (Fsp3) is 0.769. The first-order valence-electron chi connectivity index (χ1n) is 6.96. The summed E-state index contributed by atoms with van der Waals surface area (Å²) >= 11 is 0. The fourth-order valence-electron chi connectivity index (χ4n) is 2.47. The second-order valence-electron chi connectivity index (χ2n) is 5.72. The van der Waals surface area contributed by atoms with Gasteiger partial charge in [-0.15, -0.1) is 0 Å². The largest absolute Gasteiger partial charge is 0.378 e. The molecule has 0 bridgehead atoms. The van der Waals surface area contributed by atoms with Crippen LogP contribution < -0.4 is 4.31 Å². The molecule has 1 aliphatic heterocycles. The molecule has 1 aromatic heterocycles. The standard InChI is InChI=1S/C13H23N3O4S/c1-11(2)20-13(6-8-19-9-13)10-21(17,18)16(4)12-5-7-15(3)14-12/h5,7,11H,6,8-10H2,1-4H3. The Morgan fingerprint density at radius 3 is 2.76 bits per heavy atom. The molecule has 21 heavy (non-hydrogen) atoms. The van der Waals surface area contributed by atoms with E-state index >= 15 is 0 Å². The Hall–Kier alpha value is -1.12. The third-order valence-corrected chi connectivity index (χ3v) is 5.35. The zero-order valence-electron chi connectivity index (χ0n) is 12.9. The molecular formula is C13H23N3O4S. The van der Waals surface area contributed by atoms with Crippen molar-refractivity contribution in [2.75, 3.05) is 30.3 Å². The van der Waals surface area contributed by atoms with Gasteiger partial charge in [-0.05, 0) is 13.8 Å². The van der Waals surface area contributed by atoms with Crippen molar-refractivity contribution in [1.82, 2.24) is 9.78 Å². The van der Waals surface area contributed by atoms with Gasteiger partial charge in [0, 0.05) is 39.4 Å². The number of aromatic nitrogens is 2. The first-order chi connectivity index (χ1) is 9.74. The molecule has 0 aliphatic carbocycles. The minimum atomic E-state index is -3.53. The van der Waals surface area contributed by atoms with Gasteiger partial charge in [-0.1, -0.05) is 0 Å². The average Bonchev–Trinajstić information content (AvgIpc) is 2.96. The van der Waals surface area contributed by atoms with Crippen LogP contribution in [0.5, 0.6) is 0 Å². The molecule has 7 nitrogen and oxygen atoms in total. The van der Waals surface area contributed by atoms with E-state index in [1.54, 1.807) is 24.0 Å². The molecule has 2 heterocycles. The average molecular weight is 317 g/mol. The highest BCUT2D eigenvalue weighted by Gasteiger charge is 2.42. The first kappa shape index (κ1) is 16.3. The maximum absolute atomic E-state index is 12.6. The minimum absolute atomic E-state index is 0.0537. The highest BCUT2D eigenvalue weighted by molar-refractivity contribution is 7.92. The zero-order valence-corrected chi connectivity index (χ0v) is 13.8. The molecule has 120 valence electrons.